The molecule has 1 aromatic rings. The monoisotopic (exact) mass is 259 g/mol. The molecule has 0 spiro atoms. The number of ether oxygens (including phenoxy) is 1. The summed E-state index contributed by atoms with van der Waals surface area (Å²) in [7, 11) is 0. The van der Waals surface area contributed by atoms with E-state index in [4.69, 9.17) is 23.2 Å². The first-order chi connectivity index (χ1) is 6.79. The Kier molecular flexibility index (Phi) is 3.41. The van der Waals surface area contributed by atoms with E-state index in [0.717, 1.165) is 6.07 Å². The molecule has 0 N–H and O–H groups in total. The third kappa shape index (κ3) is 3.56. The summed E-state index contributed by atoms with van der Waals surface area (Å²) in [5.74, 6) is -0.785. The van der Waals surface area contributed by atoms with Gasteiger partial charge in [0.25, 0.3) is 5.24 Å². The minimum Gasteiger partial charge on any atom is -0.403 e. The van der Waals surface area contributed by atoms with E-state index in [2.05, 4.69) is 9.72 Å². The number of carbonyl (C=O) groups is 1. The van der Waals surface area contributed by atoms with Crippen LogP contribution in [0.4, 0.5) is 13.2 Å². The Labute approximate surface area is 91.8 Å². The predicted octanol–water partition coefficient (Wildman–Crippen LogP) is 3.01. The Bertz CT molecular complexity index is 394. The summed E-state index contributed by atoms with van der Waals surface area (Å²) in [6.45, 7) is 0. The van der Waals surface area contributed by atoms with Gasteiger partial charge in [-0.25, -0.2) is 4.98 Å². The van der Waals surface area contributed by atoms with E-state index in [1.807, 2.05) is 0 Å². The molecule has 0 bridgehead atoms. The van der Waals surface area contributed by atoms with E-state index in [-0.39, 0.29) is 5.15 Å². The van der Waals surface area contributed by atoms with Crippen LogP contribution < -0.4 is 4.74 Å². The number of rotatable bonds is 2. The molecule has 1 aromatic heterocycles. The highest BCUT2D eigenvalue weighted by molar-refractivity contribution is 6.68. The fourth-order valence-electron chi connectivity index (χ4n) is 0.777. The SMILES string of the molecule is O=C(Cl)c1cc(Cl)ncc1OC(F)(F)F. The predicted molar refractivity (Wildman–Crippen MR) is 46.1 cm³/mol. The van der Waals surface area contributed by atoms with Gasteiger partial charge in [0.15, 0.2) is 5.75 Å². The summed E-state index contributed by atoms with van der Waals surface area (Å²) in [5.41, 5.74) is -0.492. The van der Waals surface area contributed by atoms with E-state index in [9.17, 15) is 18.0 Å². The van der Waals surface area contributed by atoms with E-state index >= 15 is 0 Å². The molecule has 0 aromatic carbocycles. The fourth-order valence-corrected chi connectivity index (χ4v) is 1.08. The van der Waals surface area contributed by atoms with Gasteiger partial charge >= 0.3 is 6.36 Å². The van der Waals surface area contributed by atoms with Crippen LogP contribution in [0.25, 0.3) is 0 Å². The molecule has 0 unspecified atom stereocenters. The molecule has 0 amide bonds. The minimum atomic E-state index is -4.92. The molecule has 0 aliphatic heterocycles. The van der Waals surface area contributed by atoms with Crippen LogP contribution in [0.3, 0.4) is 0 Å². The summed E-state index contributed by atoms with van der Waals surface area (Å²) >= 11 is 10.4. The molecule has 3 nitrogen and oxygen atoms in total. The van der Waals surface area contributed by atoms with Crippen LogP contribution in [0, 0.1) is 0 Å². The van der Waals surface area contributed by atoms with Crippen molar-refractivity contribution in [3.63, 3.8) is 0 Å². The average Bonchev–Trinajstić information content (AvgIpc) is 2.05. The zero-order valence-electron chi connectivity index (χ0n) is 6.81. The molecule has 0 radical (unpaired) electrons. The maximum Gasteiger partial charge on any atom is 0.573 e. The maximum absolute atomic E-state index is 11.8. The van der Waals surface area contributed by atoms with Crippen molar-refractivity contribution in [2.45, 2.75) is 6.36 Å². The van der Waals surface area contributed by atoms with E-state index in [1.165, 1.54) is 0 Å². The molecule has 0 aliphatic carbocycles. The summed E-state index contributed by atoms with van der Waals surface area (Å²) in [4.78, 5) is 14.1. The molecule has 0 saturated carbocycles. The Morgan fingerprint density at radius 2 is 2.07 bits per heavy atom. The number of nitrogens with zero attached hydrogens (tertiary/aromatic N) is 1. The Balaban J connectivity index is 3.12. The lowest BCUT2D eigenvalue weighted by Gasteiger charge is -2.10. The van der Waals surface area contributed by atoms with Crippen molar-refractivity contribution in [1.82, 2.24) is 4.98 Å². The third-order valence-corrected chi connectivity index (χ3v) is 1.68. The van der Waals surface area contributed by atoms with Gasteiger partial charge in [-0.3, -0.25) is 4.79 Å². The minimum absolute atomic E-state index is 0.159. The molecular formula is C7H2Cl2F3NO2. The first-order valence-electron chi connectivity index (χ1n) is 3.41. The highest BCUT2D eigenvalue weighted by atomic mass is 35.5. The van der Waals surface area contributed by atoms with Gasteiger partial charge in [-0.1, -0.05) is 11.6 Å². The molecule has 0 atom stereocenters. The number of aromatic nitrogens is 1. The van der Waals surface area contributed by atoms with Crippen LogP contribution in [0.2, 0.25) is 5.15 Å². The molecule has 1 heterocycles. The second-order valence-electron chi connectivity index (χ2n) is 2.32. The van der Waals surface area contributed by atoms with Gasteiger partial charge in [-0.15, -0.1) is 13.2 Å². The molecular weight excluding hydrogens is 258 g/mol. The van der Waals surface area contributed by atoms with Crippen LogP contribution >= 0.6 is 23.2 Å². The quantitative estimate of drug-likeness (QED) is 0.606. The molecule has 0 saturated heterocycles. The van der Waals surface area contributed by atoms with Crippen molar-refractivity contribution in [3.8, 4) is 5.75 Å². The van der Waals surface area contributed by atoms with E-state index in [0.29, 0.717) is 6.20 Å². The molecule has 82 valence electrons. The maximum atomic E-state index is 11.8. The Morgan fingerprint density at radius 3 is 2.53 bits per heavy atom. The van der Waals surface area contributed by atoms with Crippen molar-refractivity contribution in [1.29, 1.82) is 0 Å². The van der Waals surface area contributed by atoms with Crippen molar-refractivity contribution in [3.05, 3.63) is 23.0 Å². The van der Waals surface area contributed by atoms with Gasteiger partial charge in [0, 0.05) is 0 Å². The van der Waals surface area contributed by atoms with E-state index in [1.54, 1.807) is 0 Å². The first-order valence-corrected chi connectivity index (χ1v) is 4.16. The normalized spacial score (nSPS) is 11.3. The average molecular weight is 260 g/mol. The number of pyridine rings is 1. The number of carbonyl (C=O) groups excluding carboxylic acids is 1. The molecule has 8 heteroatoms. The van der Waals surface area contributed by atoms with Gasteiger partial charge in [-0.05, 0) is 17.7 Å². The zero-order valence-corrected chi connectivity index (χ0v) is 8.32. The standard InChI is InChI=1S/C7H2Cl2F3NO2/c8-5-1-3(6(9)14)4(2-13-5)15-7(10,11)12/h1-2H. The lowest BCUT2D eigenvalue weighted by atomic mass is 10.3. The number of alkyl halides is 3. The van der Waals surface area contributed by atoms with Crippen LogP contribution in [0.5, 0.6) is 5.75 Å². The van der Waals surface area contributed by atoms with Crippen molar-refractivity contribution >= 4 is 28.4 Å². The van der Waals surface area contributed by atoms with Gasteiger partial charge in [0.05, 0.1) is 11.8 Å². The number of hydrogen-bond acceptors (Lipinski definition) is 3. The van der Waals surface area contributed by atoms with Crippen LogP contribution in [0.15, 0.2) is 12.3 Å². The summed E-state index contributed by atoms with van der Waals surface area (Å²) in [6.07, 6.45) is -4.25. The van der Waals surface area contributed by atoms with Gasteiger partial charge in [0.1, 0.15) is 5.15 Å². The smallest absolute Gasteiger partial charge is 0.403 e. The summed E-state index contributed by atoms with van der Waals surface area (Å²) < 4.78 is 39.1. The second kappa shape index (κ2) is 4.24. The number of hydrogen-bond donors (Lipinski definition) is 0. The van der Waals surface area contributed by atoms with Crippen LogP contribution in [0.1, 0.15) is 10.4 Å². The van der Waals surface area contributed by atoms with Crippen molar-refractivity contribution in [2.24, 2.45) is 0 Å². The summed E-state index contributed by atoms with van der Waals surface area (Å²) in [5, 5.41) is -1.27. The fraction of sp³-hybridized carbons (Fsp3) is 0.143. The Hall–Kier alpha value is -1.01. The van der Waals surface area contributed by atoms with Crippen molar-refractivity contribution < 1.29 is 22.7 Å². The summed E-state index contributed by atoms with van der Waals surface area (Å²) in [6, 6.07) is 0.887. The zero-order chi connectivity index (χ0) is 11.6. The van der Waals surface area contributed by atoms with Gasteiger partial charge in [-0.2, -0.15) is 0 Å². The highest BCUT2D eigenvalue weighted by Gasteiger charge is 2.33. The lowest BCUT2D eigenvalue weighted by molar-refractivity contribution is -0.274. The number of halogens is 5. The Morgan fingerprint density at radius 1 is 1.47 bits per heavy atom. The highest BCUT2D eigenvalue weighted by Crippen LogP contribution is 2.28. The second-order valence-corrected chi connectivity index (χ2v) is 3.06. The molecule has 15 heavy (non-hydrogen) atoms. The van der Waals surface area contributed by atoms with Crippen molar-refractivity contribution in [2.75, 3.05) is 0 Å². The lowest BCUT2D eigenvalue weighted by Crippen LogP contribution is -2.18. The van der Waals surface area contributed by atoms with E-state index < -0.39 is 22.9 Å². The third-order valence-electron chi connectivity index (χ3n) is 1.27. The van der Waals surface area contributed by atoms with Crippen LogP contribution in [-0.2, 0) is 0 Å². The van der Waals surface area contributed by atoms with Crippen LogP contribution in [-0.4, -0.2) is 16.6 Å². The van der Waals surface area contributed by atoms with Gasteiger partial charge < -0.3 is 4.74 Å². The molecule has 1 rings (SSSR count). The topological polar surface area (TPSA) is 39.2 Å². The molecule has 0 aliphatic rings. The largest absolute Gasteiger partial charge is 0.573 e. The first kappa shape index (κ1) is 12.1. The van der Waals surface area contributed by atoms with Gasteiger partial charge in [0.2, 0.25) is 0 Å². The molecule has 0 fully saturated rings.